The maximum atomic E-state index is 14.6. The number of aliphatic hydroxyl groups is 2. The van der Waals surface area contributed by atoms with E-state index in [9.17, 15) is 29.4 Å². The number of hydrogen-bond acceptors (Lipinski definition) is 10. The number of hydrogen-bond donors (Lipinski definition) is 3. The molecule has 208 valence electrons. The quantitative estimate of drug-likeness (QED) is 0.214. The van der Waals surface area contributed by atoms with Crippen molar-refractivity contribution in [2.24, 2.45) is 0 Å². The number of carbonyl (C=O) groups is 3. The van der Waals surface area contributed by atoms with Gasteiger partial charge in [0.15, 0.2) is 0 Å². The largest absolute Gasteiger partial charge is 0.438 e. The predicted octanol–water partition coefficient (Wildman–Crippen LogP) is 1.59. The van der Waals surface area contributed by atoms with E-state index in [2.05, 4.69) is 4.98 Å². The monoisotopic (exact) mass is 555 g/mol. The number of aromatic nitrogens is 2. The number of benzene rings is 3. The Kier molecular flexibility index (Phi) is 7.33. The summed E-state index contributed by atoms with van der Waals surface area (Å²) < 4.78 is 12.7. The summed E-state index contributed by atoms with van der Waals surface area (Å²) in [6.07, 6.45) is -2.74. The minimum Gasteiger partial charge on any atom is -0.438 e. The van der Waals surface area contributed by atoms with Crippen LogP contribution in [0.4, 0.5) is 5.82 Å². The van der Waals surface area contributed by atoms with Crippen molar-refractivity contribution < 1.29 is 34.1 Å². The van der Waals surface area contributed by atoms with Gasteiger partial charge in [-0.1, -0.05) is 78.9 Å². The van der Waals surface area contributed by atoms with E-state index in [1.807, 2.05) is 0 Å². The fraction of sp³-hybridized carbons (Fsp3) is 0.167. The molecular weight excluding hydrogens is 530 g/mol. The Hall–Kier alpha value is -4.97. The second kappa shape index (κ2) is 10.9. The van der Waals surface area contributed by atoms with E-state index < -0.39 is 53.4 Å². The lowest BCUT2D eigenvalue weighted by Crippen LogP contribution is -2.69. The SMILES string of the molecule is Nc1ccn([C@]2(C(=O)c3ccccc3)O[C@H](CO)[C@@H](O)[C@]2(OC(=O)c2ccccc2)C(=O)c2ccccc2)c(=O)n1. The fourth-order valence-corrected chi connectivity index (χ4v) is 5.03. The van der Waals surface area contributed by atoms with Gasteiger partial charge in [0.2, 0.25) is 11.6 Å². The molecule has 1 aliphatic heterocycles. The first-order valence-corrected chi connectivity index (χ1v) is 12.6. The molecule has 4 aromatic rings. The molecule has 4 atom stereocenters. The topological polar surface area (TPSA) is 171 Å². The summed E-state index contributed by atoms with van der Waals surface area (Å²) >= 11 is 0. The maximum Gasteiger partial charge on any atom is 0.352 e. The molecule has 0 bridgehead atoms. The summed E-state index contributed by atoms with van der Waals surface area (Å²) in [5.41, 5.74) is -1.38. The summed E-state index contributed by atoms with van der Waals surface area (Å²) in [4.78, 5) is 60.0. The lowest BCUT2D eigenvalue weighted by atomic mass is 9.75. The Morgan fingerprint density at radius 1 is 0.854 bits per heavy atom. The van der Waals surface area contributed by atoms with Crippen LogP contribution >= 0.6 is 0 Å². The fourth-order valence-electron chi connectivity index (χ4n) is 5.03. The highest BCUT2D eigenvalue weighted by atomic mass is 16.6. The van der Waals surface area contributed by atoms with E-state index in [1.165, 1.54) is 66.7 Å². The third-order valence-corrected chi connectivity index (χ3v) is 6.92. The van der Waals surface area contributed by atoms with Crippen molar-refractivity contribution in [2.45, 2.75) is 23.5 Å². The van der Waals surface area contributed by atoms with Crippen LogP contribution in [0.15, 0.2) is 108 Å². The molecule has 3 aromatic carbocycles. The second-order valence-electron chi connectivity index (χ2n) is 9.31. The zero-order valence-corrected chi connectivity index (χ0v) is 21.5. The number of Topliss-reactive ketones (excluding diaryl/α,β-unsaturated/α-hetero) is 2. The minimum atomic E-state index is -2.94. The van der Waals surface area contributed by atoms with Gasteiger partial charge in [-0.05, 0) is 18.2 Å². The van der Waals surface area contributed by atoms with E-state index in [0.29, 0.717) is 4.57 Å². The van der Waals surface area contributed by atoms with E-state index in [-0.39, 0.29) is 22.5 Å². The zero-order chi connectivity index (χ0) is 29.2. The lowest BCUT2D eigenvalue weighted by molar-refractivity contribution is -0.148. The molecular formula is C30H25N3O8. The van der Waals surface area contributed by atoms with Crippen LogP contribution in [0.25, 0.3) is 0 Å². The summed E-state index contributed by atoms with van der Waals surface area (Å²) in [5, 5.41) is 22.0. The molecule has 41 heavy (non-hydrogen) atoms. The number of anilines is 1. The molecule has 0 unspecified atom stereocenters. The van der Waals surface area contributed by atoms with E-state index in [1.54, 1.807) is 30.3 Å². The Morgan fingerprint density at radius 2 is 1.37 bits per heavy atom. The van der Waals surface area contributed by atoms with Crippen LogP contribution in [0.2, 0.25) is 0 Å². The van der Waals surface area contributed by atoms with Crippen LogP contribution in [0.5, 0.6) is 0 Å². The highest BCUT2D eigenvalue weighted by Gasteiger charge is 2.77. The van der Waals surface area contributed by atoms with Crippen LogP contribution in [-0.2, 0) is 15.2 Å². The molecule has 0 amide bonds. The Bertz CT molecular complexity index is 1640. The number of esters is 1. The van der Waals surface area contributed by atoms with Gasteiger partial charge in [-0.15, -0.1) is 0 Å². The van der Waals surface area contributed by atoms with Crippen molar-refractivity contribution in [3.63, 3.8) is 0 Å². The van der Waals surface area contributed by atoms with E-state index in [4.69, 9.17) is 15.2 Å². The molecule has 0 spiro atoms. The number of aliphatic hydroxyl groups excluding tert-OH is 2. The first kappa shape index (κ1) is 27.6. The normalized spacial score (nSPS) is 23.6. The van der Waals surface area contributed by atoms with Crippen LogP contribution in [-0.4, -0.2) is 61.7 Å². The van der Waals surface area contributed by atoms with Gasteiger partial charge in [-0.25, -0.2) is 9.59 Å². The van der Waals surface area contributed by atoms with E-state index in [0.717, 1.165) is 6.20 Å². The van der Waals surface area contributed by atoms with Gasteiger partial charge in [-0.3, -0.25) is 14.2 Å². The standard InChI is InChI=1S/C30H25N3O8/c31-23-16-17-33(28(39)32-23)30(25(36)20-12-6-2-7-13-20)29(26(37)22(18-34)40-30,24(35)19-10-4-1-5-11-19)41-27(38)21-14-8-3-9-15-21/h1-17,22,26,34,37H,18H2,(H2,31,32,39)/t22-,26-,29-,30-/m1/s1. The lowest BCUT2D eigenvalue weighted by Gasteiger charge is -2.42. The van der Waals surface area contributed by atoms with Crippen molar-refractivity contribution in [2.75, 3.05) is 12.3 Å². The van der Waals surface area contributed by atoms with Crippen LogP contribution in [0.1, 0.15) is 31.1 Å². The van der Waals surface area contributed by atoms with Gasteiger partial charge in [0, 0.05) is 17.3 Å². The highest BCUT2D eigenvalue weighted by molar-refractivity contribution is 6.13. The average Bonchev–Trinajstić information content (AvgIpc) is 3.26. The summed E-state index contributed by atoms with van der Waals surface area (Å²) in [7, 11) is 0. The van der Waals surface area contributed by atoms with Crippen LogP contribution in [0, 0.1) is 0 Å². The number of ketones is 2. The van der Waals surface area contributed by atoms with Crippen LogP contribution < -0.4 is 11.4 Å². The van der Waals surface area contributed by atoms with Crippen LogP contribution in [0.3, 0.4) is 0 Å². The van der Waals surface area contributed by atoms with Crippen molar-refractivity contribution in [3.8, 4) is 0 Å². The summed E-state index contributed by atoms with van der Waals surface area (Å²) in [5.74, 6) is -3.38. The Morgan fingerprint density at radius 3 is 1.88 bits per heavy atom. The molecule has 4 N–H and O–H groups in total. The third kappa shape index (κ3) is 4.42. The molecule has 11 heteroatoms. The van der Waals surface area contributed by atoms with Crippen molar-refractivity contribution in [1.82, 2.24) is 9.55 Å². The number of nitrogens with two attached hydrogens (primary N) is 1. The summed E-state index contributed by atoms with van der Waals surface area (Å²) in [6.45, 7) is -0.908. The predicted molar refractivity (Wildman–Crippen MR) is 145 cm³/mol. The van der Waals surface area contributed by atoms with Gasteiger partial charge < -0.3 is 25.4 Å². The molecule has 1 saturated heterocycles. The van der Waals surface area contributed by atoms with Crippen molar-refractivity contribution in [1.29, 1.82) is 0 Å². The van der Waals surface area contributed by atoms with Gasteiger partial charge in [0.1, 0.15) is 18.0 Å². The summed E-state index contributed by atoms with van der Waals surface area (Å²) in [6, 6.07) is 23.7. The van der Waals surface area contributed by atoms with Gasteiger partial charge in [0.25, 0.3) is 11.3 Å². The molecule has 2 heterocycles. The minimum absolute atomic E-state index is 0.0174. The molecule has 1 aromatic heterocycles. The molecule has 5 rings (SSSR count). The van der Waals surface area contributed by atoms with Gasteiger partial charge in [0.05, 0.1) is 12.2 Å². The third-order valence-electron chi connectivity index (χ3n) is 6.92. The molecule has 0 radical (unpaired) electrons. The van der Waals surface area contributed by atoms with Crippen molar-refractivity contribution >= 4 is 23.4 Å². The number of nitrogen functional groups attached to an aromatic ring is 1. The Labute approximate surface area is 233 Å². The average molecular weight is 556 g/mol. The molecule has 1 aliphatic rings. The number of nitrogens with zero attached hydrogens (tertiary/aromatic N) is 2. The zero-order valence-electron chi connectivity index (χ0n) is 21.5. The number of carbonyl (C=O) groups excluding carboxylic acids is 3. The van der Waals surface area contributed by atoms with Crippen molar-refractivity contribution in [3.05, 3.63) is 130 Å². The van der Waals surface area contributed by atoms with Gasteiger partial charge in [-0.2, -0.15) is 4.98 Å². The molecule has 11 nitrogen and oxygen atoms in total. The number of ether oxygens (including phenoxy) is 2. The Balaban J connectivity index is 1.90. The van der Waals surface area contributed by atoms with Gasteiger partial charge >= 0.3 is 11.7 Å². The molecule has 0 aliphatic carbocycles. The first-order valence-electron chi connectivity index (χ1n) is 12.6. The second-order valence-corrected chi connectivity index (χ2v) is 9.31. The molecule has 0 saturated carbocycles. The number of rotatable bonds is 8. The highest BCUT2D eigenvalue weighted by Crippen LogP contribution is 2.50. The maximum absolute atomic E-state index is 14.6. The first-order chi connectivity index (χ1) is 19.8. The van der Waals surface area contributed by atoms with E-state index >= 15 is 0 Å². The molecule has 1 fully saturated rings. The smallest absolute Gasteiger partial charge is 0.352 e.